The first-order chi connectivity index (χ1) is 16.4. The van der Waals surface area contributed by atoms with Crippen LogP contribution < -0.4 is 10.2 Å². The van der Waals surface area contributed by atoms with E-state index in [1.165, 1.54) is 0 Å². The van der Waals surface area contributed by atoms with Gasteiger partial charge in [0.05, 0.1) is 30.0 Å². The minimum atomic E-state index is -0.302. The monoisotopic (exact) mass is 493 g/mol. The number of nitrogens with zero attached hydrogens (tertiary/aromatic N) is 2. The first-order valence-corrected chi connectivity index (χ1v) is 12.5. The zero-order valence-corrected chi connectivity index (χ0v) is 21.3. The van der Waals surface area contributed by atoms with Gasteiger partial charge in [-0.3, -0.25) is 4.79 Å². The van der Waals surface area contributed by atoms with E-state index in [9.17, 15) is 9.59 Å². The Morgan fingerprint density at radius 2 is 2.03 bits per heavy atom. The number of hydrogen-bond donors (Lipinski definition) is 3. The number of piperidine rings is 1. The van der Waals surface area contributed by atoms with E-state index in [0.717, 1.165) is 42.9 Å². The van der Waals surface area contributed by atoms with Crippen LogP contribution in [0.25, 0.3) is 0 Å². The fourth-order valence-corrected chi connectivity index (χ4v) is 4.44. The summed E-state index contributed by atoms with van der Waals surface area (Å²) in [5, 5.41) is 3.35. The molecule has 1 fully saturated rings. The van der Waals surface area contributed by atoms with Crippen LogP contribution in [0, 0.1) is 0 Å². The molecule has 0 aromatic carbocycles. The van der Waals surface area contributed by atoms with Crippen molar-refractivity contribution in [1.29, 1.82) is 0 Å². The van der Waals surface area contributed by atoms with Gasteiger partial charge in [0.1, 0.15) is 5.82 Å². The number of esters is 1. The molecule has 188 valence electrons. The summed E-state index contributed by atoms with van der Waals surface area (Å²) in [6, 6.07) is 1.70. The molecule has 0 radical (unpaired) electrons. The zero-order valence-electron chi connectivity index (χ0n) is 20.5. The summed E-state index contributed by atoms with van der Waals surface area (Å²) in [5.74, 6) is 0.486. The van der Waals surface area contributed by atoms with Crippen molar-refractivity contribution in [3.63, 3.8) is 0 Å². The number of carbonyl (C=O) groups excluding carboxylic acids is 2. The molecule has 34 heavy (non-hydrogen) atoms. The Kier molecular flexibility index (Phi) is 9.41. The number of anilines is 1. The number of rotatable bonds is 11. The molecule has 1 aliphatic heterocycles. The predicted molar refractivity (Wildman–Crippen MR) is 132 cm³/mol. The average Bonchev–Trinajstić information content (AvgIpc) is 3.43. The minimum Gasteiger partial charge on any atom is -0.462 e. The van der Waals surface area contributed by atoms with Crippen LogP contribution in [0.4, 0.5) is 5.82 Å². The molecule has 1 saturated heterocycles. The number of nitrogens with one attached hydrogen (secondary N) is 3. The summed E-state index contributed by atoms with van der Waals surface area (Å²) in [6.45, 7) is 7.78. The number of aromatic amines is 2. The van der Waals surface area contributed by atoms with Crippen LogP contribution >= 0.6 is 11.6 Å². The van der Waals surface area contributed by atoms with Gasteiger partial charge in [-0.1, -0.05) is 45.2 Å². The van der Waals surface area contributed by atoms with Gasteiger partial charge in [-0.15, -0.1) is 0 Å². The van der Waals surface area contributed by atoms with Gasteiger partial charge in [0.25, 0.3) is 5.91 Å². The van der Waals surface area contributed by atoms with Crippen LogP contribution in [0.5, 0.6) is 0 Å². The van der Waals surface area contributed by atoms with Crippen molar-refractivity contribution >= 4 is 29.3 Å². The van der Waals surface area contributed by atoms with E-state index < -0.39 is 0 Å². The van der Waals surface area contributed by atoms with E-state index in [4.69, 9.17) is 21.1 Å². The zero-order chi connectivity index (χ0) is 24.7. The van der Waals surface area contributed by atoms with Crippen molar-refractivity contribution in [2.75, 3.05) is 31.7 Å². The lowest BCUT2D eigenvalue weighted by atomic mass is 10.0. The fraction of sp³-hybridized carbons (Fsp3) is 0.625. The number of ether oxygens (including phenoxy) is 2. The molecule has 0 bridgehead atoms. The first-order valence-electron chi connectivity index (χ1n) is 12.1. The molecule has 0 spiro atoms. The molecule has 10 heteroatoms. The van der Waals surface area contributed by atoms with Crippen molar-refractivity contribution in [3.8, 4) is 0 Å². The fourth-order valence-electron chi connectivity index (χ4n) is 4.17. The molecule has 3 N–H and O–H groups in total. The third-order valence-electron chi connectivity index (χ3n) is 6.15. The number of aryl methyl sites for hydroxylation is 2. The number of carbonyl (C=O) groups is 2. The standard InChI is InChI=1S/C24H36ClN5O4/c1-5-8-12-34-24(32)15-13-20(26-17(15)9-6-2)30-11-10-18(19(14-30)33-4)28-23(31)22-27-16(7-3)21(25)29-22/h13,18-19,26H,5-12,14H2,1-4H3,(H,27,29)(H,28,31). The summed E-state index contributed by atoms with van der Waals surface area (Å²) < 4.78 is 11.2. The normalized spacial score (nSPS) is 18.2. The molecule has 0 saturated carbocycles. The number of amides is 1. The van der Waals surface area contributed by atoms with Crippen LogP contribution in [0.1, 0.15) is 78.8 Å². The maximum Gasteiger partial charge on any atom is 0.340 e. The maximum atomic E-state index is 12.7. The van der Waals surface area contributed by atoms with Crippen molar-refractivity contribution < 1.29 is 19.1 Å². The lowest BCUT2D eigenvalue weighted by molar-refractivity contribution is 0.0498. The second kappa shape index (κ2) is 12.3. The topological polar surface area (TPSA) is 112 Å². The highest BCUT2D eigenvalue weighted by molar-refractivity contribution is 6.30. The van der Waals surface area contributed by atoms with Crippen LogP contribution in [-0.2, 0) is 22.3 Å². The Bertz CT molecular complexity index is 973. The Balaban J connectivity index is 1.68. The number of H-pyrrole nitrogens is 2. The van der Waals surface area contributed by atoms with Gasteiger partial charge in [-0.05, 0) is 31.7 Å². The molecule has 2 aromatic rings. The summed E-state index contributed by atoms with van der Waals surface area (Å²) in [6.07, 6.45) is 4.63. The van der Waals surface area contributed by atoms with Gasteiger partial charge in [0, 0.05) is 25.9 Å². The van der Waals surface area contributed by atoms with Crippen molar-refractivity contribution in [1.82, 2.24) is 20.3 Å². The van der Waals surface area contributed by atoms with Gasteiger partial charge in [0.15, 0.2) is 11.0 Å². The second-order valence-corrected chi connectivity index (χ2v) is 8.94. The van der Waals surface area contributed by atoms with Crippen molar-refractivity contribution in [2.45, 2.75) is 71.4 Å². The number of hydrogen-bond acceptors (Lipinski definition) is 6. The molecule has 9 nitrogen and oxygen atoms in total. The van der Waals surface area contributed by atoms with Gasteiger partial charge < -0.3 is 29.7 Å². The summed E-state index contributed by atoms with van der Waals surface area (Å²) >= 11 is 6.08. The third-order valence-corrected chi connectivity index (χ3v) is 6.46. The van der Waals surface area contributed by atoms with E-state index in [2.05, 4.69) is 39.0 Å². The molecular formula is C24H36ClN5O4. The van der Waals surface area contributed by atoms with Gasteiger partial charge >= 0.3 is 5.97 Å². The Labute approximate surface area is 205 Å². The summed E-state index contributed by atoms with van der Waals surface area (Å²) in [4.78, 5) is 38.0. The second-order valence-electron chi connectivity index (χ2n) is 8.58. The van der Waals surface area contributed by atoms with E-state index in [0.29, 0.717) is 43.3 Å². The largest absolute Gasteiger partial charge is 0.462 e. The van der Waals surface area contributed by atoms with E-state index in [-0.39, 0.29) is 29.8 Å². The molecule has 3 heterocycles. The maximum absolute atomic E-state index is 12.7. The highest BCUT2D eigenvalue weighted by Gasteiger charge is 2.32. The predicted octanol–water partition coefficient (Wildman–Crippen LogP) is 3.89. The van der Waals surface area contributed by atoms with E-state index in [1.54, 1.807) is 7.11 Å². The molecule has 1 amide bonds. The van der Waals surface area contributed by atoms with E-state index in [1.807, 2.05) is 13.0 Å². The molecule has 3 rings (SSSR count). The molecular weight excluding hydrogens is 458 g/mol. The number of imidazole rings is 1. The number of halogens is 1. The smallest absolute Gasteiger partial charge is 0.340 e. The third kappa shape index (κ3) is 6.13. The number of aromatic nitrogens is 3. The van der Waals surface area contributed by atoms with Crippen molar-refractivity contribution in [3.05, 3.63) is 34.0 Å². The highest BCUT2D eigenvalue weighted by Crippen LogP contribution is 2.25. The minimum absolute atomic E-state index is 0.175. The van der Waals surface area contributed by atoms with Gasteiger partial charge in [-0.2, -0.15) is 0 Å². The lowest BCUT2D eigenvalue weighted by Crippen LogP contribution is -2.55. The molecule has 2 unspecified atom stereocenters. The van der Waals surface area contributed by atoms with Crippen molar-refractivity contribution in [2.24, 2.45) is 0 Å². The summed E-state index contributed by atoms with van der Waals surface area (Å²) in [7, 11) is 1.64. The van der Waals surface area contributed by atoms with Crippen LogP contribution in [0.15, 0.2) is 6.07 Å². The molecule has 2 atom stereocenters. The van der Waals surface area contributed by atoms with Gasteiger partial charge in [0.2, 0.25) is 0 Å². The van der Waals surface area contributed by atoms with Crippen LogP contribution in [-0.4, -0.2) is 65.8 Å². The Hall–Kier alpha value is -2.52. The first kappa shape index (κ1) is 26.1. The lowest BCUT2D eigenvalue weighted by Gasteiger charge is -2.38. The quantitative estimate of drug-likeness (QED) is 0.323. The number of unbranched alkanes of at least 4 members (excludes halogenated alkanes) is 1. The Morgan fingerprint density at radius 1 is 1.24 bits per heavy atom. The summed E-state index contributed by atoms with van der Waals surface area (Å²) in [5.41, 5.74) is 2.23. The SMILES string of the molecule is CCCCOC(=O)c1cc(N2CCC(NC(=O)c3nc(Cl)c(CC)[nH]3)C(OC)C2)[nH]c1CCC. The highest BCUT2D eigenvalue weighted by atomic mass is 35.5. The van der Waals surface area contributed by atoms with Gasteiger partial charge in [-0.25, -0.2) is 9.78 Å². The van der Waals surface area contributed by atoms with Crippen LogP contribution in [0.3, 0.4) is 0 Å². The molecule has 0 aliphatic carbocycles. The average molecular weight is 494 g/mol. The van der Waals surface area contributed by atoms with E-state index >= 15 is 0 Å². The Morgan fingerprint density at radius 3 is 2.68 bits per heavy atom. The number of methoxy groups -OCH3 is 1. The molecule has 2 aromatic heterocycles. The molecule has 1 aliphatic rings. The van der Waals surface area contributed by atoms with Crippen LogP contribution in [0.2, 0.25) is 5.15 Å².